The Balaban J connectivity index is 2.04. The van der Waals surface area contributed by atoms with Crippen molar-refractivity contribution in [1.29, 1.82) is 0 Å². The molecule has 0 radical (unpaired) electrons. The molecule has 0 heterocycles. The minimum atomic E-state index is -0.425. The van der Waals surface area contributed by atoms with Gasteiger partial charge in [-0.05, 0) is 37.6 Å². The third-order valence-electron chi connectivity index (χ3n) is 3.11. The first-order valence-corrected chi connectivity index (χ1v) is 7.01. The summed E-state index contributed by atoms with van der Waals surface area (Å²) in [4.78, 5) is 24.2. The third-order valence-corrected chi connectivity index (χ3v) is 3.11. The number of hydrogen-bond acceptors (Lipinski definition) is 3. The lowest BCUT2D eigenvalue weighted by atomic mass is 10.1. The van der Waals surface area contributed by atoms with E-state index in [0.717, 1.165) is 5.56 Å². The van der Waals surface area contributed by atoms with Gasteiger partial charge in [0.05, 0.1) is 12.2 Å². The molecule has 0 aliphatic rings. The number of ether oxygens (including phenoxy) is 1. The monoisotopic (exact) mass is 298 g/mol. The molecular formula is C17H18N2O3. The maximum atomic E-state index is 12.2. The maximum absolute atomic E-state index is 12.2. The van der Waals surface area contributed by atoms with Gasteiger partial charge in [0.1, 0.15) is 5.75 Å². The van der Waals surface area contributed by atoms with Crippen LogP contribution >= 0.6 is 0 Å². The molecule has 0 saturated carbocycles. The van der Waals surface area contributed by atoms with E-state index in [1.54, 1.807) is 36.4 Å². The van der Waals surface area contributed by atoms with E-state index in [2.05, 4.69) is 10.9 Å². The smallest absolute Gasteiger partial charge is 0.273 e. The van der Waals surface area contributed by atoms with Crippen molar-refractivity contribution in [2.45, 2.75) is 13.8 Å². The lowest BCUT2D eigenvalue weighted by molar-refractivity contribution is 0.0844. The molecular weight excluding hydrogens is 280 g/mol. The molecule has 114 valence electrons. The average molecular weight is 298 g/mol. The van der Waals surface area contributed by atoms with Gasteiger partial charge in [-0.3, -0.25) is 20.4 Å². The van der Waals surface area contributed by atoms with Crippen LogP contribution in [0.15, 0.2) is 48.5 Å². The number of aryl methyl sites for hydroxylation is 1. The zero-order chi connectivity index (χ0) is 15.9. The fraction of sp³-hybridized carbons (Fsp3) is 0.176. The Morgan fingerprint density at radius 2 is 1.45 bits per heavy atom. The van der Waals surface area contributed by atoms with Crippen molar-refractivity contribution in [3.63, 3.8) is 0 Å². The third kappa shape index (κ3) is 3.63. The number of nitrogens with one attached hydrogen (secondary N) is 2. The molecule has 0 spiro atoms. The Hall–Kier alpha value is -2.82. The van der Waals surface area contributed by atoms with E-state index < -0.39 is 5.91 Å². The van der Waals surface area contributed by atoms with E-state index in [4.69, 9.17) is 4.74 Å². The molecule has 5 nitrogen and oxygen atoms in total. The number of carbonyl (C=O) groups is 2. The van der Waals surface area contributed by atoms with E-state index in [1.165, 1.54) is 0 Å². The van der Waals surface area contributed by atoms with Crippen LogP contribution in [0.5, 0.6) is 5.75 Å². The van der Waals surface area contributed by atoms with Gasteiger partial charge in [-0.2, -0.15) is 0 Å². The Bertz CT molecular complexity index is 683. The topological polar surface area (TPSA) is 67.4 Å². The molecule has 2 rings (SSSR count). The van der Waals surface area contributed by atoms with Crippen molar-refractivity contribution in [1.82, 2.24) is 10.9 Å². The van der Waals surface area contributed by atoms with Crippen molar-refractivity contribution in [3.05, 3.63) is 65.2 Å². The van der Waals surface area contributed by atoms with Crippen molar-refractivity contribution in [2.24, 2.45) is 0 Å². The molecule has 0 saturated heterocycles. The van der Waals surface area contributed by atoms with Crippen LogP contribution in [-0.2, 0) is 0 Å². The number of amides is 2. The van der Waals surface area contributed by atoms with Crippen molar-refractivity contribution >= 4 is 11.8 Å². The second-order valence-corrected chi connectivity index (χ2v) is 4.65. The van der Waals surface area contributed by atoms with Crippen LogP contribution in [0, 0.1) is 6.92 Å². The molecule has 22 heavy (non-hydrogen) atoms. The zero-order valence-corrected chi connectivity index (χ0v) is 12.6. The van der Waals surface area contributed by atoms with E-state index in [0.29, 0.717) is 23.5 Å². The van der Waals surface area contributed by atoms with Gasteiger partial charge in [-0.15, -0.1) is 0 Å². The highest BCUT2D eigenvalue weighted by molar-refractivity contribution is 6.00. The Labute approximate surface area is 129 Å². The van der Waals surface area contributed by atoms with Crippen LogP contribution in [0.4, 0.5) is 0 Å². The fourth-order valence-corrected chi connectivity index (χ4v) is 2.01. The second kappa shape index (κ2) is 7.26. The largest absolute Gasteiger partial charge is 0.493 e. The standard InChI is InChI=1S/C17H18N2O3/c1-3-22-15-11-7-6-10-14(15)17(21)19-18-16(20)13-9-5-4-8-12(13)2/h4-11H,3H2,1-2H3,(H,18,20)(H,19,21). The molecule has 0 fully saturated rings. The summed E-state index contributed by atoms with van der Waals surface area (Å²) in [6.45, 7) is 4.13. The number of para-hydroxylation sites is 1. The summed E-state index contributed by atoms with van der Waals surface area (Å²) < 4.78 is 5.40. The van der Waals surface area contributed by atoms with Crippen LogP contribution in [-0.4, -0.2) is 18.4 Å². The van der Waals surface area contributed by atoms with Crippen molar-refractivity contribution in [3.8, 4) is 5.75 Å². The summed E-state index contributed by atoms with van der Waals surface area (Å²) in [6, 6.07) is 14.0. The summed E-state index contributed by atoms with van der Waals surface area (Å²) in [6.07, 6.45) is 0. The molecule has 2 amide bonds. The summed E-state index contributed by atoms with van der Waals surface area (Å²) in [5, 5.41) is 0. The van der Waals surface area contributed by atoms with Crippen LogP contribution in [0.2, 0.25) is 0 Å². The van der Waals surface area contributed by atoms with E-state index in [1.807, 2.05) is 26.0 Å². The molecule has 0 atom stereocenters. The lowest BCUT2D eigenvalue weighted by Crippen LogP contribution is -2.42. The van der Waals surface area contributed by atoms with Crippen LogP contribution in [0.1, 0.15) is 33.2 Å². The van der Waals surface area contributed by atoms with Crippen LogP contribution < -0.4 is 15.6 Å². The molecule has 2 aromatic carbocycles. The van der Waals surface area contributed by atoms with Gasteiger partial charge in [0.25, 0.3) is 11.8 Å². The molecule has 0 unspecified atom stereocenters. The van der Waals surface area contributed by atoms with Gasteiger partial charge in [0.2, 0.25) is 0 Å². The number of rotatable bonds is 4. The van der Waals surface area contributed by atoms with E-state index in [-0.39, 0.29) is 5.91 Å². The van der Waals surface area contributed by atoms with Gasteiger partial charge >= 0.3 is 0 Å². The summed E-state index contributed by atoms with van der Waals surface area (Å²) >= 11 is 0. The number of carbonyl (C=O) groups excluding carboxylic acids is 2. The minimum absolute atomic E-state index is 0.361. The summed E-state index contributed by atoms with van der Waals surface area (Å²) in [5.41, 5.74) is 6.54. The van der Waals surface area contributed by atoms with Gasteiger partial charge < -0.3 is 4.74 Å². The Kier molecular flexibility index (Phi) is 5.14. The van der Waals surface area contributed by atoms with Crippen LogP contribution in [0.3, 0.4) is 0 Å². The first-order chi connectivity index (χ1) is 10.6. The van der Waals surface area contributed by atoms with Crippen LogP contribution in [0.25, 0.3) is 0 Å². The molecule has 0 aliphatic heterocycles. The average Bonchev–Trinajstić information content (AvgIpc) is 2.53. The molecule has 2 aromatic rings. The summed E-state index contributed by atoms with van der Waals surface area (Å²) in [5.74, 6) is -0.307. The van der Waals surface area contributed by atoms with Gasteiger partial charge in [0.15, 0.2) is 0 Å². The van der Waals surface area contributed by atoms with E-state index in [9.17, 15) is 9.59 Å². The van der Waals surface area contributed by atoms with Gasteiger partial charge in [-0.25, -0.2) is 0 Å². The van der Waals surface area contributed by atoms with Gasteiger partial charge in [-0.1, -0.05) is 30.3 Å². The fourth-order valence-electron chi connectivity index (χ4n) is 2.01. The van der Waals surface area contributed by atoms with Gasteiger partial charge in [0, 0.05) is 5.56 Å². The Morgan fingerprint density at radius 1 is 0.909 bits per heavy atom. The number of hydrogen-bond donors (Lipinski definition) is 2. The Morgan fingerprint density at radius 3 is 2.09 bits per heavy atom. The predicted octanol–water partition coefficient (Wildman–Crippen LogP) is 2.47. The highest BCUT2D eigenvalue weighted by atomic mass is 16.5. The highest BCUT2D eigenvalue weighted by Crippen LogP contribution is 2.17. The molecule has 2 N–H and O–H groups in total. The first-order valence-electron chi connectivity index (χ1n) is 7.01. The van der Waals surface area contributed by atoms with E-state index >= 15 is 0 Å². The SMILES string of the molecule is CCOc1ccccc1C(=O)NNC(=O)c1ccccc1C. The van der Waals surface area contributed by atoms with Crippen molar-refractivity contribution < 1.29 is 14.3 Å². The second-order valence-electron chi connectivity index (χ2n) is 4.65. The predicted molar refractivity (Wildman–Crippen MR) is 83.7 cm³/mol. The highest BCUT2D eigenvalue weighted by Gasteiger charge is 2.14. The molecule has 5 heteroatoms. The normalized spacial score (nSPS) is 9.91. The maximum Gasteiger partial charge on any atom is 0.273 e. The zero-order valence-electron chi connectivity index (χ0n) is 12.6. The molecule has 0 aromatic heterocycles. The number of hydrazine groups is 1. The molecule has 0 bridgehead atoms. The number of benzene rings is 2. The quantitative estimate of drug-likeness (QED) is 0.852. The van der Waals surface area contributed by atoms with Crippen molar-refractivity contribution in [2.75, 3.05) is 6.61 Å². The minimum Gasteiger partial charge on any atom is -0.493 e. The molecule has 0 aliphatic carbocycles. The first kappa shape index (κ1) is 15.6. The summed E-state index contributed by atoms with van der Waals surface area (Å²) in [7, 11) is 0. The lowest BCUT2D eigenvalue weighted by Gasteiger charge is -2.12.